The van der Waals surface area contributed by atoms with Crippen LogP contribution in [0, 0.1) is 5.92 Å². The molecule has 1 aromatic heterocycles. The number of hydrogen-bond donors (Lipinski definition) is 1. The maximum absolute atomic E-state index is 13.1. The number of nitrogens with zero attached hydrogens (tertiary/aromatic N) is 2. The molecule has 0 spiro atoms. The molecular weight excluding hydrogens is 647 g/mol. The molecule has 1 saturated heterocycles. The average Bonchev–Trinajstić information content (AvgIpc) is 3.37. The molecule has 0 saturated carbocycles. The highest BCUT2D eigenvalue weighted by molar-refractivity contribution is 7.43. The Morgan fingerprint density at radius 1 is 0.938 bits per heavy atom. The summed E-state index contributed by atoms with van der Waals surface area (Å²) in [6.45, 7) is 10.4. The Labute approximate surface area is 284 Å². The molecule has 1 N–H and O–H groups in total. The first-order chi connectivity index (χ1) is 22.8. The van der Waals surface area contributed by atoms with E-state index in [9.17, 15) is 19.7 Å². The van der Waals surface area contributed by atoms with Gasteiger partial charge in [0.1, 0.15) is 11.4 Å². The highest BCUT2D eigenvalue weighted by Crippen LogP contribution is 2.47. The zero-order valence-corrected chi connectivity index (χ0v) is 30.2. The van der Waals surface area contributed by atoms with Crippen molar-refractivity contribution in [2.45, 2.75) is 62.9 Å². The zero-order valence-electron chi connectivity index (χ0n) is 28.2. The van der Waals surface area contributed by atoms with Crippen molar-refractivity contribution < 1.29 is 33.5 Å². The summed E-state index contributed by atoms with van der Waals surface area (Å²) in [6.07, 6.45) is -1.33. The topological polar surface area (TPSA) is 138 Å². The molecule has 10 nitrogen and oxygen atoms in total. The van der Waals surface area contributed by atoms with E-state index in [1.165, 1.54) is 16.8 Å². The van der Waals surface area contributed by atoms with E-state index in [2.05, 4.69) is 38.8 Å². The van der Waals surface area contributed by atoms with Gasteiger partial charge in [0.2, 0.25) is 0 Å². The number of benzene rings is 3. The Balaban J connectivity index is 1.63. The van der Waals surface area contributed by atoms with E-state index >= 15 is 0 Å². The first kappa shape index (κ1) is 35.9. The summed E-state index contributed by atoms with van der Waals surface area (Å²) in [5, 5.41) is 11.7. The molecule has 5 atom stereocenters. The van der Waals surface area contributed by atoms with Gasteiger partial charge in [-0.2, -0.15) is 0 Å². The molecule has 4 aromatic rings. The highest BCUT2D eigenvalue weighted by atomic mass is 31.2. The van der Waals surface area contributed by atoms with Gasteiger partial charge < -0.3 is 28.6 Å². The van der Waals surface area contributed by atoms with Crippen molar-refractivity contribution in [3.63, 3.8) is 0 Å². The highest BCUT2D eigenvalue weighted by Gasteiger charge is 2.53. The van der Waals surface area contributed by atoms with Gasteiger partial charge in [-0.15, -0.1) is 0 Å². The quantitative estimate of drug-likeness (QED) is 0.128. The van der Waals surface area contributed by atoms with Crippen LogP contribution < -0.4 is 20.4 Å². The maximum atomic E-state index is 13.1. The van der Waals surface area contributed by atoms with Gasteiger partial charge in [0.25, 0.3) is 0 Å². The Hall–Kier alpha value is -3.41. The molecule has 48 heavy (non-hydrogen) atoms. The molecule has 0 bridgehead atoms. The Morgan fingerprint density at radius 2 is 1.50 bits per heavy atom. The van der Waals surface area contributed by atoms with Gasteiger partial charge in [-0.3, -0.25) is 9.46 Å². The Morgan fingerprint density at radius 3 is 2.00 bits per heavy atom. The molecule has 3 aromatic carbocycles. The van der Waals surface area contributed by atoms with Crippen LogP contribution in [0.5, 0.6) is 11.6 Å². The molecule has 0 amide bonds. The largest absolute Gasteiger partial charge is 0.858 e. The summed E-state index contributed by atoms with van der Waals surface area (Å²) in [5.41, 5.74) is 0.661. The molecule has 0 radical (unpaired) electrons. The van der Waals surface area contributed by atoms with Crippen LogP contribution in [0.4, 0.5) is 0 Å². The van der Waals surface area contributed by atoms with Gasteiger partial charge in [-0.05, 0) is 58.9 Å². The third kappa shape index (κ3) is 7.43. The fourth-order valence-corrected chi connectivity index (χ4v) is 8.22. The monoisotopic (exact) mass is 691 g/mol. The fraction of sp³-hybridized carbons (Fsp3) is 0.389. The standard InChI is InChI=1S/C36H45N2O8PSi/c1-35(2,3)48(5,6)46-32-29(24-47(41)42)30(45-33(32)38-22-21-31(39)37-34(38)40)23-44-36(25-13-9-7-10-14-25,26-15-11-8-12-16-26)27-17-19-28(43-4)20-18-27/h7-22,29-30,32-33,41,47H,23-24H2,1-6H3,(H,37,39,40)/p-1/t29-,30-,32-,33-/m1/s1. The van der Waals surface area contributed by atoms with Crippen LogP contribution >= 0.6 is 8.38 Å². The van der Waals surface area contributed by atoms with E-state index < -0.39 is 58.2 Å². The third-order valence-corrected chi connectivity index (χ3v) is 14.8. The normalized spacial score (nSPS) is 20.8. The van der Waals surface area contributed by atoms with Gasteiger partial charge in [-0.25, -0.2) is 9.78 Å². The van der Waals surface area contributed by atoms with Gasteiger partial charge in [0.15, 0.2) is 14.5 Å². The zero-order chi connectivity index (χ0) is 34.7. The first-order valence-electron chi connectivity index (χ1n) is 16.0. The van der Waals surface area contributed by atoms with Crippen molar-refractivity contribution in [1.29, 1.82) is 0 Å². The number of ether oxygens (including phenoxy) is 3. The van der Waals surface area contributed by atoms with E-state index in [-0.39, 0.29) is 17.8 Å². The molecule has 256 valence electrons. The molecule has 12 heteroatoms. The smallest absolute Gasteiger partial charge is 0.349 e. The Bertz CT molecular complexity index is 1660. The van der Waals surface area contributed by atoms with Crippen LogP contribution in [0.1, 0.15) is 43.7 Å². The molecule has 1 aliphatic heterocycles. The number of aromatic nitrogens is 2. The molecule has 5 rings (SSSR count). The lowest BCUT2D eigenvalue weighted by molar-refractivity contribution is -0.275. The van der Waals surface area contributed by atoms with Crippen LogP contribution in [0.2, 0.25) is 18.1 Å². The Kier molecular flexibility index (Phi) is 10.9. The van der Waals surface area contributed by atoms with Crippen LogP contribution in [0.25, 0.3) is 0 Å². The van der Waals surface area contributed by atoms with Crippen molar-refractivity contribution in [2.24, 2.45) is 5.92 Å². The molecule has 1 aliphatic rings. The van der Waals surface area contributed by atoms with Gasteiger partial charge in [-0.1, -0.05) is 93.6 Å². The third-order valence-electron chi connectivity index (χ3n) is 9.54. The van der Waals surface area contributed by atoms with E-state index in [1.54, 1.807) is 7.11 Å². The van der Waals surface area contributed by atoms with E-state index in [0.29, 0.717) is 5.75 Å². The van der Waals surface area contributed by atoms with Crippen molar-refractivity contribution in [1.82, 2.24) is 9.55 Å². The second-order valence-corrected chi connectivity index (χ2v) is 19.5. The molecular formula is C36H44N2O8PSi-. The fourth-order valence-electron chi connectivity index (χ4n) is 6.00. The van der Waals surface area contributed by atoms with Gasteiger partial charge in [0, 0.05) is 6.20 Å². The number of methoxy groups -OCH3 is 1. The number of rotatable bonds is 12. The first-order valence-corrected chi connectivity index (χ1v) is 20.4. The summed E-state index contributed by atoms with van der Waals surface area (Å²) in [4.78, 5) is 39.6. The van der Waals surface area contributed by atoms with E-state index in [4.69, 9.17) is 18.6 Å². The molecule has 1 unspecified atom stereocenters. The van der Waals surface area contributed by atoms with Gasteiger partial charge in [0.05, 0.1) is 46.4 Å². The molecule has 0 aliphatic carbocycles. The summed E-state index contributed by atoms with van der Waals surface area (Å²) in [7, 11) is -3.94. The van der Waals surface area contributed by atoms with Crippen molar-refractivity contribution >= 4 is 16.7 Å². The summed E-state index contributed by atoms with van der Waals surface area (Å²) >= 11 is 0. The van der Waals surface area contributed by atoms with Gasteiger partial charge >= 0.3 is 5.69 Å². The lowest BCUT2D eigenvalue weighted by atomic mass is 9.80. The minimum absolute atomic E-state index is 0.0225. The summed E-state index contributed by atoms with van der Waals surface area (Å²) in [5.74, 6) is -0.597. The predicted octanol–water partition coefficient (Wildman–Crippen LogP) is 4.64. The molecule has 1 fully saturated rings. The lowest BCUT2D eigenvalue weighted by Crippen LogP contribution is -2.48. The minimum atomic E-state index is -3.03. The minimum Gasteiger partial charge on any atom is -0.858 e. The number of hydrogen-bond acceptors (Lipinski definition) is 9. The van der Waals surface area contributed by atoms with Crippen LogP contribution in [0.15, 0.2) is 102 Å². The van der Waals surface area contributed by atoms with Crippen molar-refractivity contribution in [3.8, 4) is 11.6 Å². The second-order valence-electron chi connectivity index (χ2n) is 13.6. The predicted molar refractivity (Wildman–Crippen MR) is 185 cm³/mol. The van der Waals surface area contributed by atoms with Crippen LogP contribution in [-0.4, -0.2) is 54.8 Å². The summed E-state index contributed by atoms with van der Waals surface area (Å²) < 4.78 is 27.3. The SMILES string of the molecule is COc1ccc(C(OC[C@H]2O[C@@H](n3ccc([O-])nc3=O)[C@H](O[Si](C)(C)C(C)(C)C)[C@@H]2C[PH+]([O-])O)(c2ccccc2)c2ccccc2)cc1. The summed E-state index contributed by atoms with van der Waals surface area (Å²) in [6, 6.07) is 28.5. The van der Waals surface area contributed by atoms with Crippen molar-refractivity contribution in [3.05, 3.63) is 124 Å². The van der Waals surface area contributed by atoms with Crippen molar-refractivity contribution in [2.75, 3.05) is 19.9 Å². The second kappa shape index (κ2) is 14.6. The van der Waals surface area contributed by atoms with Crippen LogP contribution in [0.3, 0.4) is 0 Å². The van der Waals surface area contributed by atoms with E-state index in [1.807, 2.05) is 84.9 Å². The lowest BCUT2D eigenvalue weighted by Gasteiger charge is -2.41. The van der Waals surface area contributed by atoms with E-state index in [0.717, 1.165) is 16.7 Å². The average molecular weight is 692 g/mol. The van der Waals surface area contributed by atoms with Crippen LogP contribution in [-0.2, 0) is 19.5 Å². The molecule has 2 heterocycles. The maximum Gasteiger partial charge on any atom is 0.349 e.